The molecule has 0 saturated carbocycles. The van der Waals surface area contributed by atoms with Gasteiger partial charge in [-0.15, -0.1) is 0 Å². The van der Waals surface area contributed by atoms with Crippen LogP contribution in [0.1, 0.15) is 29.8 Å². The first kappa shape index (κ1) is 17.5. The SMILES string of the molecule is Cc1ccccc1C(=O)NC(C(=O)N1CCN(C)CC1)C(C)C. The molecule has 5 nitrogen and oxygen atoms in total. The average Bonchev–Trinajstić information content (AvgIpc) is 2.52. The number of nitrogens with one attached hydrogen (secondary N) is 1. The number of amides is 2. The van der Waals surface area contributed by atoms with E-state index in [1.165, 1.54) is 0 Å². The number of rotatable bonds is 4. The summed E-state index contributed by atoms with van der Waals surface area (Å²) in [6.45, 7) is 9.04. The molecule has 1 heterocycles. The topological polar surface area (TPSA) is 52.7 Å². The van der Waals surface area contributed by atoms with Crippen LogP contribution in [0.5, 0.6) is 0 Å². The van der Waals surface area contributed by atoms with Gasteiger partial charge in [0.05, 0.1) is 0 Å². The highest BCUT2D eigenvalue weighted by molar-refractivity contribution is 5.98. The molecule has 1 N–H and O–H groups in total. The molecule has 0 radical (unpaired) electrons. The monoisotopic (exact) mass is 317 g/mol. The molecule has 0 aliphatic carbocycles. The van der Waals surface area contributed by atoms with Crippen LogP contribution in [-0.4, -0.2) is 60.9 Å². The van der Waals surface area contributed by atoms with Gasteiger partial charge in [-0.1, -0.05) is 32.0 Å². The third-order valence-electron chi connectivity index (χ3n) is 4.42. The van der Waals surface area contributed by atoms with Crippen LogP contribution in [0.25, 0.3) is 0 Å². The Morgan fingerprint density at radius 3 is 2.26 bits per heavy atom. The summed E-state index contributed by atoms with van der Waals surface area (Å²) in [4.78, 5) is 29.4. The highest BCUT2D eigenvalue weighted by Gasteiger charge is 2.30. The summed E-state index contributed by atoms with van der Waals surface area (Å²) in [5.74, 6) is -0.102. The lowest BCUT2D eigenvalue weighted by Crippen LogP contribution is -2.55. The minimum Gasteiger partial charge on any atom is -0.340 e. The fourth-order valence-corrected chi connectivity index (χ4v) is 2.78. The van der Waals surface area contributed by atoms with E-state index >= 15 is 0 Å². The van der Waals surface area contributed by atoms with Crippen LogP contribution in [0.15, 0.2) is 24.3 Å². The zero-order valence-corrected chi connectivity index (χ0v) is 14.5. The van der Waals surface area contributed by atoms with Gasteiger partial charge in [-0.2, -0.15) is 0 Å². The summed E-state index contributed by atoms with van der Waals surface area (Å²) in [6, 6.07) is 6.96. The minimum atomic E-state index is -0.481. The summed E-state index contributed by atoms with van der Waals surface area (Å²) in [6.07, 6.45) is 0. The number of piperazine rings is 1. The third-order valence-corrected chi connectivity index (χ3v) is 4.42. The van der Waals surface area contributed by atoms with Gasteiger partial charge in [0.25, 0.3) is 5.91 Å². The standard InChI is InChI=1S/C18H27N3O2/c1-13(2)16(18(23)21-11-9-20(4)10-12-21)19-17(22)15-8-6-5-7-14(15)3/h5-8,13,16H,9-12H2,1-4H3,(H,19,22). The molecule has 2 rings (SSSR count). The maximum absolute atomic E-state index is 12.8. The van der Waals surface area contributed by atoms with Crippen LogP contribution in [0.2, 0.25) is 0 Å². The lowest BCUT2D eigenvalue weighted by Gasteiger charge is -2.35. The number of likely N-dealkylation sites (N-methyl/N-ethyl adjacent to an activating group) is 1. The van der Waals surface area contributed by atoms with Crippen LogP contribution >= 0.6 is 0 Å². The van der Waals surface area contributed by atoms with E-state index in [1.807, 2.05) is 43.9 Å². The van der Waals surface area contributed by atoms with E-state index in [4.69, 9.17) is 0 Å². The van der Waals surface area contributed by atoms with Crippen molar-refractivity contribution in [3.8, 4) is 0 Å². The fourth-order valence-electron chi connectivity index (χ4n) is 2.78. The second kappa shape index (κ2) is 7.59. The Morgan fingerprint density at radius 2 is 1.70 bits per heavy atom. The molecule has 126 valence electrons. The smallest absolute Gasteiger partial charge is 0.252 e. The molecule has 5 heteroatoms. The van der Waals surface area contributed by atoms with Gasteiger partial charge in [-0.3, -0.25) is 9.59 Å². The lowest BCUT2D eigenvalue weighted by molar-refractivity contribution is -0.135. The van der Waals surface area contributed by atoms with E-state index in [1.54, 1.807) is 6.07 Å². The van der Waals surface area contributed by atoms with Gasteiger partial charge in [-0.05, 0) is 31.5 Å². The van der Waals surface area contributed by atoms with Crippen LogP contribution in [0, 0.1) is 12.8 Å². The summed E-state index contributed by atoms with van der Waals surface area (Å²) < 4.78 is 0. The maximum Gasteiger partial charge on any atom is 0.252 e. The molecule has 1 unspecified atom stereocenters. The summed E-state index contributed by atoms with van der Waals surface area (Å²) >= 11 is 0. The van der Waals surface area contributed by atoms with E-state index in [0.29, 0.717) is 5.56 Å². The van der Waals surface area contributed by atoms with Gasteiger partial charge >= 0.3 is 0 Å². The Balaban J connectivity index is 2.08. The quantitative estimate of drug-likeness (QED) is 0.916. The number of benzene rings is 1. The molecule has 1 aromatic carbocycles. The number of aryl methyl sites for hydroxylation is 1. The molecule has 1 fully saturated rings. The average molecular weight is 317 g/mol. The van der Waals surface area contributed by atoms with Crippen LogP contribution in [0.3, 0.4) is 0 Å². The Kier molecular flexibility index (Phi) is 5.77. The van der Waals surface area contributed by atoms with E-state index < -0.39 is 6.04 Å². The Bertz CT molecular complexity index is 563. The number of hydrogen-bond acceptors (Lipinski definition) is 3. The predicted molar refractivity (Wildman–Crippen MR) is 91.3 cm³/mol. The molecule has 1 aliphatic rings. The molecule has 1 saturated heterocycles. The first-order valence-corrected chi connectivity index (χ1v) is 8.24. The first-order valence-electron chi connectivity index (χ1n) is 8.24. The molecule has 23 heavy (non-hydrogen) atoms. The number of hydrogen-bond donors (Lipinski definition) is 1. The van der Waals surface area contributed by atoms with Crippen molar-refractivity contribution in [2.45, 2.75) is 26.8 Å². The van der Waals surface area contributed by atoms with E-state index in [-0.39, 0.29) is 17.7 Å². The van der Waals surface area contributed by atoms with Crippen molar-refractivity contribution >= 4 is 11.8 Å². The van der Waals surface area contributed by atoms with Gasteiger partial charge in [0.15, 0.2) is 0 Å². The van der Waals surface area contributed by atoms with Crippen molar-refractivity contribution in [3.05, 3.63) is 35.4 Å². The largest absolute Gasteiger partial charge is 0.340 e. The molecule has 0 aromatic heterocycles. The van der Waals surface area contributed by atoms with E-state index in [0.717, 1.165) is 31.7 Å². The van der Waals surface area contributed by atoms with Gasteiger partial charge in [0.2, 0.25) is 5.91 Å². The number of nitrogens with zero attached hydrogens (tertiary/aromatic N) is 2. The molecule has 0 spiro atoms. The third kappa shape index (κ3) is 4.32. The van der Waals surface area contributed by atoms with Gasteiger partial charge in [0.1, 0.15) is 6.04 Å². The van der Waals surface area contributed by atoms with Gasteiger partial charge in [-0.25, -0.2) is 0 Å². The highest BCUT2D eigenvalue weighted by Crippen LogP contribution is 2.12. The molecular formula is C18H27N3O2. The highest BCUT2D eigenvalue weighted by atomic mass is 16.2. The van der Waals surface area contributed by atoms with E-state index in [9.17, 15) is 9.59 Å². The molecule has 1 aromatic rings. The van der Waals surface area contributed by atoms with Gasteiger partial charge in [0, 0.05) is 31.7 Å². The second-order valence-electron chi connectivity index (χ2n) is 6.64. The Hall–Kier alpha value is -1.88. The first-order chi connectivity index (χ1) is 10.9. The van der Waals surface area contributed by atoms with Crippen LogP contribution in [-0.2, 0) is 4.79 Å². The molecule has 2 amide bonds. The van der Waals surface area contributed by atoms with Crippen molar-refractivity contribution in [1.29, 1.82) is 0 Å². The molecule has 0 bridgehead atoms. The molecular weight excluding hydrogens is 290 g/mol. The Labute approximate surface area is 138 Å². The number of carbonyl (C=O) groups is 2. The van der Waals surface area contributed by atoms with Crippen molar-refractivity contribution in [2.24, 2.45) is 5.92 Å². The van der Waals surface area contributed by atoms with Crippen molar-refractivity contribution in [2.75, 3.05) is 33.2 Å². The lowest BCUT2D eigenvalue weighted by atomic mass is 10.0. The molecule has 1 aliphatic heterocycles. The van der Waals surface area contributed by atoms with Gasteiger partial charge < -0.3 is 15.1 Å². The fraction of sp³-hybridized carbons (Fsp3) is 0.556. The van der Waals surface area contributed by atoms with Crippen LogP contribution < -0.4 is 5.32 Å². The van der Waals surface area contributed by atoms with Crippen molar-refractivity contribution < 1.29 is 9.59 Å². The normalized spacial score (nSPS) is 17.2. The minimum absolute atomic E-state index is 0.0232. The number of carbonyl (C=O) groups excluding carboxylic acids is 2. The van der Waals surface area contributed by atoms with Crippen molar-refractivity contribution in [3.63, 3.8) is 0 Å². The Morgan fingerprint density at radius 1 is 1.09 bits per heavy atom. The summed E-state index contributed by atoms with van der Waals surface area (Å²) in [5, 5.41) is 2.94. The summed E-state index contributed by atoms with van der Waals surface area (Å²) in [7, 11) is 2.06. The zero-order chi connectivity index (χ0) is 17.0. The molecule has 1 atom stereocenters. The maximum atomic E-state index is 12.8. The van der Waals surface area contributed by atoms with Crippen molar-refractivity contribution in [1.82, 2.24) is 15.1 Å². The van der Waals surface area contributed by atoms with Crippen LogP contribution in [0.4, 0.5) is 0 Å². The second-order valence-corrected chi connectivity index (χ2v) is 6.64. The zero-order valence-electron chi connectivity index (χ0n) is 14.5. The van der Waals surface area contributed by atoms with E-state index in [2.05, 4.69) is 17.3 Å². The predicted octanol–water partition coefficient (Wildman–Crippen LogP) is 1.52. The summed E-state index contributed by atoms with van der Waals surface area (Å²) in [5.41, 5.74) is 1.55.